The molecule has 1 heterocycles. The molecule has 2 atom stereocenters. The first-order valence-corrected chi connectivity index (χ1v) is 8.13. The fourth-order valence-electron chi connectivity index (χ4n) is 2.71. The maximum Gasteiger partial charge on any atom is 0.118 e. The number of hydrogen-bond donors (Lipinski definition) is 1. The molecule has 1 fully saturated rings. The molecule has 0 saturated carbocycles. The predicted octanol–water partition coefficient (Wildman–Crippen LogP) is 3.88. The van der Waals surface area contributed by atoms with Crippen molar-refractivity contribution in [1.82, 2.24) is 5.32 Å². The Balaban J connectivity index is 1.94. The molecule has 1 unspecified atom stereocenters. The average molecular weight is 279 g/mol. The van der Waals surface area contributed by atoms with Gasteiger partial charge in [-0.05, 0) is 42.2 Å². The minimum absolute atomic E-state index is 0.394. The molecule has 1 aliphatic heterocycles. The van der Waals surface area contributed by atoms with Crippen LogP contribution in [0.1, 0.15) is 38.8 Å². The summed E-state index contributed by atoms with van der Waals surface area (Å²) in [6, 6.07) is 9.38. The zero-order valence-electron chi connectivity index (χ0n) is 12.4. The molecule has 1 saturated heterocycles. The van der Waals surface area contributed by atoms with Crippen LogP contribution in [0.4, 0.5) is 0 Å². The van der Waals surface area contributed by atoms with Gasteiger partial charge in [0, 0.05) is 17.8 Å². The molecule has 0 spiro atoms. The summed E-state index contributed by atoms with van der Waals surface area (Å²) in [6.07, 6.45) is 1.26. The van der Waals surface area contributed by atoms with Crippen molar-refractivity contribution in [2.24, 2.45) is 5.41 Å². The largest absolute Gasteiger partial charge is 0.497 e. The van der Waals surface area contributed by atoms with Crippen molar-refractivity contribution in [2.75, 3.05) is 18.6 Å². The molecule has 0 amide bonds. The molecular formula is C16H25NOS. The monoisotopic (exact) mass is 279 g/mol. The minimum Gasteiger partial charge on any atom is -0.497 e. The Bertz CT molecular complexity index is 402. The SMILES string of the molecule is COc1ccc([C@@H](C)NC2CSCC(C)(C)C2)cc1. The van der Waals surface area contributed by atoms with E-state index in [1.807, 2.05) is 12.1 Å². The summed E-state index contributed by atoms with van der Waals surface area (Å²) in [5.74, 6) is 3.43. The highest BCUT2D eigenvalue weighted by Gasteiger charge is 2.29. The van der Waals surface area contributed by atoms with Gasteiger partial charge in [0.25, 0.3) is 0 Å². The molecular weight excluding hydrogens is 254 g/mol. The van der Waals surface area contributed by atoms with Crippen LogP contribution in [0, 0.1) is 5.41 Å². The Labute approximate surface area is 121 Å². The molecule has 0 aromatic heterocycles. The van der Waals surface area contributed by atoms with Crippen molar-refractivity contribution in [3.63, 3.8) is 0 Å². The summed E-state index contributed by atoms with van der Waals surface area (Å²) < 4.78 is 5.20. The van der Waals surface area contributed by atoms with Gasteiger partial charge in [0.15, 0.2) is 0 Å². The first-order valence-electron chi connectivity index (χ1n) is 6.98. The second-order valence-corrected chi connectivity index (χ2v) is 7.27. The summed E-state index contributed by atoms with van der Waals surface area (Å²) in [4.78, 5) is 0. The van der Waals surface area contributed by atoms with Crippen LogP contribution >= 0.6 is 11.8 Å². The lowest BCUT2D eigenvalue weighted by Gasteiger charge is -2.36. The highest BCUT2D eigenvalue weighted by atomic mass is 32.2. The lowest BCUT2D eigenvalue weighted by Crippen LogP contribution is -2.41. The summed E-state index contributed by atoms with van der Waals surface area (Å²) in [7, 11) is 1.71. The van der Waals surface area contributed by atoms with Gasteiger partial charge in [-0.1, -0.05) is 26.0 Å². The van der Waals surface area contributed by atoms with Crippen LogP contribution in [0.25, 0.3) is 0 Å². The molecule has 0 radical (unpaired) electrons. The molecule has 19 heavy (non-hydrogen) atoms. The van der Waals surface area contributed by atoms with E-state index in [1.54, 1.807) is 7.11 Å². The van der Waals surface area contributed by atoms with Crippen molar-refractivity contribution in [1.29, 1.82) is 0 Å². The fourth-order valence-corrected chi connectivity index (χ4v) is 4.00. The van der Waals surface area contributed by atoms with Crippen molar-refractivity contribution in [3.05, 3.63) is 29.8 Å². The second kappa shape index (κ2) is 6.19. The van der Waals surface area contributed by atoms with Gasteiger partial charge < -0.3 is 10.1 Å². The van der Waals surface area contributed by atoms with E-state index in [2.05, 4.69) is 50.0 Å². The lowest BCUT2D eigenvalue weighted by molar-refractivity contribution is 0.305. The van der Waals surface area contributed by atoms with Gasteiger partial charge in [0.1, 0.15) is 5.75 Å². The molecule has 1 N–H and O–H groups in total. The number of thioether (sulfide) groups is 1. The van der Waals surface area contributed by atoms with Gasteiger partial charge in [-0.3, -0.25) is 0 Å². The number of benzene rings is 1. The van der Waals surface area contributed by atoms with Gasteiger partial charge in [0.2, 0.25) is 0 Å². The number of rotatable bonds is 4. The smallest absolute Gasteiger partial charge is 0.118 e. The third-order valence-electron chi connectivity index (χ3n) is 3.71. The summed E-state index contributed by atoms with van der Waals surface area (Å²) in [6.45, 7) is 6.98. The van der Waals surface area contributed by atoms with Crippen molar-refractivity contribution in [2.45, 2.75) is 39.3 Å². The molecule has 2 rings (SSSR count). The van der Waals surface area contributed by atoms with E-state index in [-0.39, 0.29) is 0 Å². The maximum atomic E-state index is 5.20. The molecule has 1 aliphatic rings. The zero-order valence-corrected chi connectivity index (χ0v) is 13.2. The number of hydrogen-bond acceptors (Lipinski definition) is 3. The molecule has 106 valence electrons. The maximum absolute atomic E-state index is 5.20. The van der Waals surface area contributed by atoms with E-state index >= 15 is 0 Å². The van der Waals surface area contributed by atoms with E-state index in [4.69, 9.17) is 4.74 Å². The fraction of sp³-hybridized carbons (Fsp3) is 0.625. The summed E-state index contributed by atoms with van der Waals surface area (Å²) >= 11 is 2.07. The van der Waals surface area contributed by atoms with Crippen LogP contribution in [-0.2, 0) is 0 Å². The first-order chi connectivity index (χ1) is 9.00. The van der Waals surface area contributed by atoms with Crippen molar-refractivity contribution >= 4 is 11.8 Å². The zero-order chi connectivity index (χ0) is 13.9. The summed E-state index contributed by atoms with van der Waals surface area (Å²) in [5, 5.41) is 3.77. The molecule has 0 bridgehead atoms. The minimum atomic E-state index is 0.394. The van der Waals surface area contributed by atoms with Crippen LogP contribution in [0.15, 0.2) is 24.3 Å². The Morgan fingerprint density at radius 3 is 2.58 bits per heavy atom. The van der Waals surface area contributed by atoms with Gasteiger partial charge in [0.05, 0.1) is 7.11 Å². The Hall–Kier alpha value is -0.670. The summed E-state index contributed by atoms with van der Waals surface area (Å²) in [5.41, 5.74) is 1.79. The van der Waals surface area contributed by atoms with Crippen LogP contribution < -0.4 is 10.1 Å². The van der Waals surface area contributed by atoms with E-state index in [1.165, 1.54) is 23.5 Å². The third kappa shape index (κ3) is 4.15. The van der Waals surface area contributed by atoms with Crippen LogP contribution in [0.3, 0.4) is 0 Å². The molecule has 1 aromatic rings. The van der Waals surface area contributed by atoms with Crippen LogP contribution in [0.2, 0.25) is 0 Å². The predicted molar refractivity (Wildman–Crippen MR) is 84.1 cm³/mol. The quantitative estimate of drug-likeness (QED) is 0.904. The lowest BCUT2D eigenvalue weighted by atomic mass is 9.87. The van der Waals surface area contributed by atoms with E-state index in [0.29, 0.717) is 17.5 Å². The number of ether oxygens (including phenoxy) is 1. The highest BCUT2D eigenvalue weighted by Crippen LogP contribution is 2.34. The van der Waals surface area contributed by atoms with Crippen molar-refractivity contribution in [3.8, 4) is 5.75 Å². The molecule has 2 nitrogen and oxygen atoms in total. The normalized spacial score (nSPS) is 23.9. The topological polar surface area (TPSA) is 21.3 Å². The van der Waals surface area contributed by atoms with Crippen LogP contribution in [-0.4, -0.2) is 24.7 Å². The Morgan fingerprint density at radius 2 is 2.00 bits per heavy atom. The second-order valence-electron chi connectivity index (χ2n) is 6.24. The number of methoxy groups -OCH3 is 1. The van der Waals surface area contributed by atoms with E-state index in [9.17, 15) is 0 Å². The van der Waals surface area contributed by atoms with Crippen LogP contribution in [0.5, 0.6) is 5.75 Å². The standard InChI is InChI=1S/C16H25NOS/c1-12(13-5-7-15(18-4)8-6-13)17-14-9-16(2,3)11-19-10-14/h5-8,12,14,17H,9-11H2,1-4H3/t12-,14?/m1/s1. The highest BCUT2D eigenvalue weighted by molar-refractivity contribution is 7.99. The molecule has 1 aromatic carbocycles. The van der Waals surface area contributed by atoms with Gasteiger partial charge in [-0.15, -0.1) is 0 Å². The average Bonchev–Trinajstić information content (AvgIpc) is 2.37. The molecule has 0 aliphatic carbocycles. The van der Waals surface area contributed by atoms with Gasteiger partial charge in [-0.25, -0.2) is 0 Å². The van der Waals surface area contributed by atoms with Crippen molar-refractivity contribution < 1.29 is 4.74 Å². The third-order valence-corrected chi connectivity index (χ3v) is 5.34. The Morgan fingerprint density at radius 1 is 1.32 bits per heavy atom. The van der Waals surface area contributed by atoms with E-state index in [0.717, 1.165) is 5.75 Å². The van der Waals surface area contributed by atoms with Gasteiger partial charge >= 0.3 is 0 Å². The number of nitrogens with one attached hydrogen (secondary N) is 1. The van der Waals surface area contributed by atoms with E-state index < -0.39 is 0 Å². The van der Waals surface area contributed by atoms with Gasteiger partial charge in [-0.2, -0.15) is 11.8 Å². The molecule has 3 heteroatoms. The first kappa shape index (κ1) is 14.7. The Kier molecular flexibility index (Phi) is 4.80.